The molecule has 0 radical (unpaired) electrons. The molecule has 2 heterocycles. The van der Waals surface area contributed by atoms with Gasteiger partial charge in [-0.2, -0.15) is 0 Å². The van der Waals surface area contributed by atoms with E-state index in [1.54, 1.807) is 42.7 Å². The standard InChI is InChI=1S/C22H19Cl2N3O2/c1-12-19(22(29)27-14-4-3-9-25-11-14)20(15-8-7-13(23)10-16(15)24)21-17(26-12)5-2-6-18(21)28/h3-4,7-11,20,26H,2,5-6H2,1H3,(H,27,29). The summed E-state index contributed by atoms with van der Waals surface area (Å²) in [7, 11) is 0. The number of carbonyl (C=O) groups excluding carboxylic acids is 2. The molecule has 4 rings (SSSR count). The Labute approximate surface area is 178 Å². The predicted octanol–water partition coefficient (Wildman–Crippen LogP) is 5.00. The first kappa shape index (κ1) is 19.7. The molecule has 1 unspecified atom stereocenters. The summed E-state index contributed by atoms with van der Waals surface area (Å²) >= 11 is 12.6. The number of hydrogen-bond acceptors (Lipinski definition) is 4. The zero-order chi connectivity index (χ0) is 20.5. The SMILES string of the molecule is CC1=C(C(=O)Nc2cccnc2)C(c2ccc(Cl)cc2Cl)C2=C(CCCC2=O)N1. The van der Waals surface area contributed by atoms with Gasteiger partial charge >= 0.3 is 0 Å². The number of ketones is 1. The Morgan fingerprint density at radius 1 is 1.24 bits per heavy atom. The molecule has 148 valence electrons. The highest BCUT2D eigenvalue weighted by molar-refractivity contribution is 6.35. The van der Waals surface area contributed by atoms with Crippen LogP contribution in [0.4, 0.5) is 5.69 Å². The van der Waals surface area contributed by atoms with Gasteiger partial charge in [0, 0.05) is 51.1 Å². The van der Waals surface area contributed by atoms with E-state index in [2.05, 4.69) is 15.6 Å². The lowest BCUT2D eigenvalue weighted by molar-refractivity contribution is -0.116. The highest BCUT2D eigenvalue weighted by Gasteiger charge is 2.39. The maximum absolute atomic E-state index is 13.3. The summed E-state index contributed by atoms with van der Waals surface area (Å²) in [6.07, 6.45) is 5.22. The lowest BCUT2D eigenvalue weighted by Crippen LogP contribution is -2.35. The number of benzene rings is 1. The summed E-state index contributed by atoms with van der Waals surface area (Å²) in [4.78, 5) is 30.2. The zero-order valence-corrected chi connectivity index (χ0v) is 17.3. The van der Waals surface area contributed by atoms with Crippen LogP contribution in [0.3, 0.4) is 0 Å². The Morgan fingerprint density at radius 2 is 2.07 bits per heavy atom. The molecule has 1 atom stereocenters. The average molecular weight is 428 g/mol. The molecule has 1 aliphatic heterocycles. The average Bonchev–Trinajstić information content (AvgIpc) is 2.68. The molecule has 2 aliphatic rings. The molecule has 0 saturated carbocycles. The molecule has 0 fully saturated rings. The number of pyridine rings is 1. The van der Waals surface area contributed by atoms with Gasteiger partial charge in [0.25, 0.3) is 5.91 Å². The van der Waals surface area contributed by atoms with Crippen molar-refractivity contribution in [3.05, 3.63) is 80.9 Å². The minimum Gasteiger partial charge on any atom is -0.362 e. The number of anilines is 1. The first-order valence-corrected chi connectivity index (χ1v) is 10.1. The maximum Gasteiger partial charge on any atom is 0.254 e. The highest BCUT2D eigenvalue weighted by atomic mass is 35.5. The number of nitrogens with zero attached hydrogens (tertiary/aromatic N) is 1. The van der Waals surface area contributed by atoms with Crippen molar-refractivity contribution in [2.45, 2.75) is 32.1 Å². The maximum atomic E-state index is 13.3. The fourth-order valence-electron chi connectivity index (χ4n) is 3.97. The van der Waals surface area contributed by atoms with Crippen LogP contribution in [0.15, 0.2) is 65.3 Å². The van der Waals surface area contributed by atoms with Crippen LogP contribution in [-0.4, -0.2) is 16.7 Å². The van der Waals surface area contributed by atoms with Gasteiger partial charge in [-0.05, 0) is 49.6 Å². The number of halogens is 2. The number of dihydropyridines is 1. The highest BCUT2D eigenvalue weighted by Crippen LogP contribution is 2.44. The number of rotatable bonds is 3. The van der Waals surface area contributed by atoms with Crippen LogP contribution in [0.5, 0.6) is 0 Å². The van der Waals surface area contributed by atoms with Gasteiger partial charge in [0.05, 0.1) is 11.9 Å². The van der Waals surface area contributed by atoms with Crippen molar-refractivity contribution in [1.29, 1.82) is 0 Å². The molecular weight excluding hydrogens is 409 g/mol. The molecule has 1 aromatic carbocycles. The molecule has 0 bridgehead atoms. The molecule has 1 aliphatic carbocycles. The van der Waals surface area contributed by atoms with Crippen molar-refractivity contribution in [3.8, 4) is 0 Å². The molecule has 1 amide bonds. The van der Waals surface area contributed by atoms with Gasteiger partial charge in [0.1, 0.15) is 0 Å². The van der Waals surface area contributed by atoms with Crippen molar-refractivity contribution in [2.24, 2.45) is 0 Å². The molecule has 2 aromatic rings. The van der Waals surface area contributed by atoms with Crippen LogP contribution >= 0.6 is 23.2 Å². The second-order valence-electron chi connectivity index (χ2n) is 7.13. The summed E-state index contributed by atoms with van der Waals surface area (Å²) in [6.45, 7) is 1.85. The Kier molecular flexibility index (Phi) is 5.43. The zero-order valence-electron chi connectivity index (χ0n) is 15.8. The van der Waals surface area contributed by atoms with Gasteiger partial charge < -0.3 is 10.6 Å². The van der Waals surface area contributed by atoms with Crippen LogP contribution < -0.4 is 10.6 Å². The number of allylic oxidation sites excluding steroid dienone is 3. The Hall–Kier alpha value is -2.63. The van der Waals surface area contributed by atoms with Gasteiger partial charge in [-0.1, -0.05) is 29.3 Å². The van der Waals surface area contributed by atoms with E-state index in [1.807, 2.05) is 6.92 Å². The summed E-state index contributed by atoms with van der Waals surface area (Å²) in [5, 5.41) is 7.09. The molecule has 0 spiro atoms. The van der Waals surface area contributed by atoms with Crippen LogP contribution in [0, 0.1) is 0 Å². The van der Waals surface area contributed by atoms with E-state index < -0.39 is 5.92 Å². The molecule has 29 heavy (non-hydrogen) atoms. The largest absolute Gasteiger partial charge is 0.362 e. The third kappa shape index (κ3) is 3.80. The van der Waals surface area contributed by atoms with Crippen LogP contribution in [0.1, 0.15) is 37.7 Å². The van der Waals surface area contributed by atoms with E-state index in [4.69, 9.17) is 23.2 Å². The third-order valence-electron chi connectivity index (χ3n) is 5.21. The van der Waals surface area contributed by atoms with E-state index in [0.29, 0.717) is 44.6 Å². The number of carbonyl (C=O) groups is 2. The lowest BCUT2D eigenvalue weighted by Gasteiger charge is -2.35. The van der Waals surface area contributed by atoms with Gasteiger partial charge in [-0.3, -0.25) is 14.6 Å². The molecule has 0 saturated heterocycles. The summed E-state index contributed by atoms with van der Waals surface area (Å²) < 4.78 is 0. The number of hydrogen-bond donors (Lipinski definition) is 2. The number of nitrogens with one attached hydrogen (secondary N) is 2. The quantitative estimate of drug-likeness (QED) is 0.722. The minimum atomic E-state index is -0.555. The Bertz CT molecular complexity index is 1060. The normalized spacial score (nSPS) is 19.0. The smallest absolute Gasteiger partial charge is 0.254 e. The Balaban J connectivity index is 1.83. The molecular formula is C22H19Cl2N3O2. The van der Waals surface area contributed by atoms with Crippen molar-refractivity contribution in [2.75, 3.05) is 5.32 Å². The molecule has 5 nitrogen and oxygen atoms in total. The lowest BCUT2D eigenvalue weighted by atomic mass is 9.75. The fourth-order valence-corrected chi connectivity index (χ4v) is 4.48. The van der Waals surface area contributed by atoms with E-state index >= 15 is 0 Å². The van der Waals surface area contributed by atoms with Crippen molar-refractivity contribution in [1.82, 2.24) is 10.3 Å². The van der Waals surface area contributed by atoms with E-state index in [-0.39, 0.29) is 11.7 Å². The first-order chi connectivity index (χ1) is 14.0. The Morgan fingerprint density at radius 3 is 2.79 bits per heavy atom. The molecule has 7 heteroatoms. The predicted molar refractivity (Wildman–Crippen MR) is 114 cm³/mol. The van der Waals surface area contributed by atoms with Gasteiger partial charge in [0.2, 0.25) is 0 Å². The van der Waals surface area contributed by atoms with E-state index in [9.17, 15) is 9.59 Å². The summed E-state index contributed by atoms with van der Waals surface area (Å²) in [6, 6.07) is 8.66. The second-order valence-corrected chi connectivity index (χ2v) is 7.97. The topological polar surface area (TPSA) is 71.1 Å². The van der Waals surface area contributed by atoms with Gasteiger partial charge in [-0.15, -0.1) is 0 Å². The summed E-state index contributed by atoms with van der Waals surface area (Å²) in [5.41, 5.74) is 3.92. The van der Waals surface area contributed by atoms with Crippen molar-refractivity contribution in [3.63, 3.8) is 0 Å². The van der Waals surface area contributed by atoms with Gasteiger partial charge in [0.15, 0.2) is 5.78 Å². The van der Waals surface area contributed by atoms with Crippen molar-refractivity contribution >= 4 is 40.6 Å². The second kappa shape index (κ2) is 8.01. The van der Waals surface area contributed by atoms with Crippen LogP contribution in [-0.2, 0) is 9.59 Å². The summed E-state index contributed by atoms with van der Waals surface area (Å²) in [5.74, 6) is -0.821. The first-order valence-electron chi connectivity index (χ1n) is 9.36. The minimum absolute atomic E-state index is 0.0361. The van der Waals surface area contributed by atoms with Crippen LogP contribution in [0.2, 0.25) is 10.0 Å². The van der Waals surface area contributed by atoms with E-state index in [0.717, 1.165) is 18.5 Å². The van der Waals surface area contributed by atoms with Crippen molar-refractivity contribution < 1.29 is 9.59 Å². The monoisotopic (exact) mass is 427 g/mol. The fraction of sp³-hybridized carbons (Fsp3) is 0.227. The third-order valence-corrected chi connectivity index (χ3v) is 5.78. The molecule has 2 N–H and O–H groups in total. The van der Waals surface area contributed by atoms with E-state index in [1.165, 1.54) is 0 Å². The number of amides is 1. The number of Topliss-reactive ketones (excluding diaryl/α,β-unsaturated/α-hetero) is 1. The molecule has 1 aromatic heterocycles. The van der Waals surface area contributed by atoms with Crippen LogP contribution in [0.25, 0.3) is 0 Å². The number of aromatic nitrogens is 1. The van der Waals surface area contributed by atoms with Gasteiger partial charge in [-0.25, -0.2) is 0 Å².